The molecule has 2 heterocycles. The molecule has 0 amide bonds. The van der Waals surface area contributed by atoms with Gasteiger partial charge in [-0.1, -0.05) is 12.1 Å². The quantitative estimate of drug-likeness (QED) is 0.672. The topological polar surface area (TPSA) is 47.8 Å². The molecule has 0 aliphatic carbocycles. The maximum atomic E-state index is 12.2. The molecule has 0 aliphatic rings. The summed E-state index contributed by atoms with van der Waals surface area (Å²) in [5.74, 6) is 0.0411. The molecule has 0 saturated carbocycles. The average Bonchev–Trinajstić information content (AvgIpc) is 2.82. The van der Waals surface area contributed by atoms with Crippen LogP contribution in [0.5, 0.6) is 0 Å². The number of nitrogens with zero attached hydrogens (tertiary/aromatic N) is 3. The molecule has 2 aromatic heterocycles. The average molecular weight is 251 g/mol. The van der Waals surface area contributed by atoms with Gasteiger partial charge in [0.2, 0.25) is 0 Å². The first-order valence-electron chi connectivity index (χ1n) is 6.09. The monoisotopic (exact) mass is 251 g/mol. The van der Waals surface area contributed by atoms with Crippen molar-refractivity contribution in [2.45, 2.75) is 13.5 Å². The molecule has 0 unspecified atom stereocenters. The number of para-hydroxylation sites is 2. The molecule has 0 spiro atoms. The number of aromatic nitrogens is 3. The number of rotatable bonds is 3. The summed E-state index contributed by atoms with van der Waals surface area (Å²) >= 11 is 0. The molecule has 0 fully saturated rings. The first-order valence-corrected chi connectivity index (χ1v) is 6.09. The zero-order valence-corrected chi connectivity index (χ0v) is 10.6. The van der Waals surface area contributed by atoms with Crippen molar-refractivity contribution in [2.24, 2.45) is 0 Å². The zero-order valence-electron chi connectivity index (χ0n) is 10.6. The molecule has 1 aromatic carbocycles. The lowest BCUT2D eigenvalue weighted by atomic mass is 10.1. The van der Waals surface area contributed by atoms with Gasteiger partial charge < -0.3 is 4.57 Å². The first-order chi connectivity index (χ1) is 9.24. The summed E-state index contributed by atoms with van der Waals surface area (Å²) < 4.78 is 1.86. The first kappa shape index (κ1) is 11.6. The number of carbonyl (C=O) groups excluding carboxylic acids is 1. The minimum Gasteiger partial charge on any atom is -0.323 e. The van der Waals surface area contributed by atoms with E-state index in [4.69, 9.17) is 0 Å². The summed E-state index contributed by atoms with van der Waals surface area (Å²) in [6.07, 6.45) is 5.05. The van der Waals surface area contributed by atoms with E-state index in [2.05, 4.69) is 9.97 Å². The van der Waals surface area contributed by atoms with Gasteiger partial charge in [-0.15, -0.1) is 0 Å². The third-order valence-electron chi connectivity index (χ3n) is 3.04. The van der Waals surface area contributed by atoms with E-state index >= 15 is 0 Å². The van der Waals surface area contributed by atoms with Crippen LogP contribution in [0.3, 0.4) is 0 Å². The number of hydrogen-bond donors (Lipinski definition) is 0. The van der Waals surface area contributed by atoms with Crippen LogP contribution in [0.25, 0.3) is 11.0 Å². The van der Waals surface area contributed by atoms with Crippen molar-refractivity contribution in [3.05, 3.63) is 60.2 Å². The van der Waals surface area contributed by atoms with Crippen molar-refractivity contribution in [1.82, 2.24) is 14.5 Å². The molecule has 94 valence electrons. The van der Waals surface area contributed by atoms with Crippen LogP contribution in [0, 0.1) is 6.92 Å². The van der Waals surface area contributed by atoms with Crippen molar-refractivity contribution < 1.29 is 4.79 Å². The molecule has 0 saturated heterocycles. The van der Waals surface area contributed by atoms with Gasteiger partial charge >= 0.3 is 0 Å². The van der Waals surface area contributed by atoms with Gasteiger partial charge in [-0.05, 0) is 30.7 Å². The number of hydrogen-bond acceptors (Lipinski definition) is 3. The molecule has 3 aromatic rings. The summed E-state index contributed by atoms with van der Waals surface area (Å²) in [6.45, 7) is 2.21. The fourth-order valence-electron chi connectivity index (χ4n) is 2.09. The maximum Gasteiger partial charge on any atom is 0.184 e. The second kappa shape index (κ2) is 4.65. The van der Waals surface area contributed by atoms with Crippen molar-refractivity contribution in [1.29, 1.82) is 0 Å². The number of carbonyl (C=O) groups is 1. The van der Waals surface area contributed by atoms with E-state index in [-0.39, 0.29) is 12.3 Å². The molecule has 0 N–H and O–H groups in total. The number of Topliss-reactive ketones (excluding diaryl/α,β-unsaturated/α-hetero) is 1. The zero-order chi connectivity index (χ0) is 13.2. The summed E-state index contributed by atoms with van der Waals surface area (Å²) in [5.41, 5.74) is 3.49. The van der Waals surface area contributed by atoms with Crippen LogP contribution in [0.4, 0.5) is 0 Å². The molecule has 4 heteroatoms. The minimum absolute atomic E-state index is 0.0411. The van der Waals surface area contributed by atoms with Crippen LogP contribution in [0.1, 0.15) is 15.9 Å². The second-order valence-corrected chi connectivity index (χ2v) is 4.54. The molecule has 0 atom stereocenters. The molecule has 0 radical (unpaired) electrons. The highest BCUT2D eigenvalue weighted by atomic mass is 16.1. The number of ketones is 1. The van der Waals surface area contributed by atoms with Gasteiger partial charge in [-0.2, -0.15) is 0 Å². The largest absolute Gasteiger partial charge is 0.323 e. The third-order valence-corrected chi connectivity index (χ3v) is 3.04. The SMILES string of the molecule is Cc1cncc(C(=O)Cn2cnc3ccccc32)c1. The molecule has 0 bridgehead atoms. The Bertz CT molecular complexity index is 746. The number of fused-ring (bicyclic) bond motifs is 1. The lowest BCUT2D eigenvalue weighted by molar-refractivity contribution is 0.0973. The molecule has 4 nitrogen and oxygen atoms in total. The van der Waals surface area contributed by atoms with Crippen LogP contribution in [0.15, 0.2) is 49.1 Å². The molecule has 19 heavy (non-hydrogen) atoms. The summed E-state index contributed by atoms with van der Waals surface area (Å²) in [5, 5.41) is 0. The van der Waals surface area contributed by atoms with E-state index in [1.54, 1.807) is 18.7 Å². The summed E-state index contributed by atoms with van der Waals surface area (Å²) in [7, 11) is 0. The lowest BCUT2D eigenvalue weighted by Gasteiger charge is -2.04. The fourth-order valence-corrected chi connectivity index (χ4v) is 2.09. The summed E-state index contributed by atoms with van der Waals surface area (Å²) in [4.78, 5) is 20.5. The number of aryl methyl sites for hydroxylation is 1. The van der Waals surface area contributed by atoms with Crippen LogP contribution < -0.4 is 0 Å². The van der Waals surface area contributed by atoms with Gasteiger partial charge in [0, 0.05) is 18.0 Å². The molecule has 3 rings (SSSR count). The highest BCUT2D eigenvalue weighted by Gasteiger charge is 2.09. The smallest absolute Gasteiger partial charge is 0.184 e. The normalized spacial score (nSPS) is 10.8. The molecule has 0 aliphatic heterocycles. The Balaban J connectivity index is 1.91. The van der Waals surface area contributed by atoms with E-state index in [1.165, 1.54) is 0 Å². The van der Waals surface area contributed by atoms with Crippen LogP contribution in [-0.4, -0.2) is 20.3 Å². The van der Waals surface area contributed by atoms with Crippen LogP contribution in [-0.2, 0) is 6.54 Å². The standard InChI is InChI=1S/C15H13N3O/c1-11-6-12(8-16-7-11)15(19)9-18-10-17-13-4-2-3-5-14(13)18/h2-8,10H,9H2,1H3. The molecular weight excluding hydrogens is 238 g/mol. The Kier molecular flexibility index (Phi) is 2.83. The van der Waals surface area contributed by atoms with Crippen LogP contribution >= 0.6 is 0 Å². The van der Waals surface area contributed by atoms with Crippen LogP contribution in [0.2, 0.25) is 0 Å². The van der Waals surface area contributed by atoms with Gasteiger partial charge in [0.05, 0.1) is 23.9 Å². The predicted molar refractivity (Wildman–Crippen MR) is 73.0 cm³/mol. The lowest BCUT2D eigenvalue weighted by Crippen LogP contribution is -2.10. The summed E-state index contributed by atoms with van der Waals surface area (Å²) in [6, 6.07) is 9.63. The fraction of sp³-hybridized carbons (Fsp3) is 0.133. The van der Waals surface area contributed by atoms with Crippen molar-refractivity contribution in [3.63, 3.8) is 0 Å². The minimum atomic E-state index is 0.0411. The van der Waals surface area contributed by atoms with E-state index < -0.39 is 0 Å². The van der Waals surface area contributed by atoms with E-state index in [9.17, 15) is 4.79 Å². The van der Waals surface area contributed by atoms with Crippen molar-refractivity contribution in [2.75, 3.05) is 0 Å². The Labute approximate surface area is 110 Å². The van der Waals surface area contributed by atoms with Gasteiger partial charge in [0.25, 0.3) is 0 Å². The number of pyridine rings is 1. The van der Waals surface area contributed by atoms with E-state index in [0.717, 1.165) is 16.6 Å². The number of benzene rings is 1. The van der Waals surface area contributed by atoms with Crippen molar-refractivity contribution in [3.8, 4) is 0 Å². The molecular formula is C15H13N3O. The second-order valence-electron chi connectivity index (χ2n) is 4.54. The van der Waals surface area contributed by atoms with Gasteiger partial charge in [-0.3, -0.25) is 9.78 Å². The number of imidazole rings is 1. The maximum absolute atomic E-state index is 12.2. The highest BCUT2D eigenvalue weighted by Crippen LogP contribution is 2.13. The van der Waals surface area contributed by atoms with Gasteiger partial charge in [0.15, 0.2) is 5.78 Å². The van der Waals surface area contributed by atoms with Gasteiger partial charge in [0.1, 0.15) is 0 Å². The Morgan fingerprint density at radius 3 is 2.95 bits per heavy atom. The highest BCUT2D eigenvalue weighted by molar-refractivity contribution is 5.96. The Hall–Kier alpha value is -2.49. The third kappa shape index (κ3) is 2.25. The Morgan fingerprint density at radius 2 is 2.11 bits per heavy atom. The Morgan fingerprint density at radius 1 is 1.26 bits per heavy atom. The van der Waals surface area contributed by atoms with E-state index in [1.807, 2.05) is 41.8 Å². The van der Waals surface area contributed by atoms with E-state index in [0.29, 0.717) is 5.56 Å². The predicted octanol–water partition coefficient (Wildman–Crippen LogP) is 2.62. The van der Waals surface area contributed by atoms with Gasteiger partial charge in [-0.25, -0.2) is 4.98 Å². The van der Waals surface area contributed by atoms with Crippen molar-refractivity contribution >= 4 is 16.8 Å².